The first-order valence-corrected chi connectivity index (χ1v) is 13.8. The molecule has 0 unspecified atom stereocenters. The second kappa shape index (κ2) is 11.3. The molecule has 0 saturated carbocycles. The van der Waals surface area contributed by atoms with Crippen LogP contribution >= 0.6 is 38.9 Å². The van der Waals surface area contributed by atoms with Gasteiger partial charge in [-0.3, -0.25) is 9.36 Å². The average molecular weight is 622 g/mol. The molecule has 0 fully saturated rings. The lowest BCUT2D eigenvalue weighted by molar-refractivity contribution is -0.139. The van der Waals surface area contributed by atoms with Crippen LogP contribution in [-0.2, 0) is 9.53 Å². The van der Waals surface area contributed by atoms with Gasteiger partial charge in [-0.15, -0.1) is 0 Å². The van der Waals surface area contributed by atoms with Crippen molar-refractivity contribution in [2.45, 2.75) is 39.8 Å². The van der Waals surface area contributed by atoms with E-state index in [1.807, 2.05) is 13.8 Å². The normalized spacial score (nSPS) is 15.4. The third-order valence-electron chi connectivity index (χ3n) is 5.73. The number of hydrogen-bond acceptors (Lipinski definition) is 8. The standard InChI is InChI=1S/C27H26BrClN2O6S/c1-6-36-26(34)22-14(4)30-27-31(23(22)15-7-8-19(37-13(2)3)20(10-15)35-5)25(33)21(38-27)11-16-9-17(28)12-18(29)24(16)32/h7-13,23,32H,6H2,1-5H3/b21-11+/t23-/m0/s1. The van der Waals surface area contributed by atoms with E-state index in [2.05, 4.69) is 20.9 Å². The van der Waals surface area contributed by atoms with Gasteiger partial charge in [-0.2, -0.15) is 0 Å². The third-order valence-corrected chi connectivity index (χ3v) is 7.46. The topological polar surface area (TPSA) is 99.4 Å². The van der Waals surface area contributed by atoms with E-state index >= 15 is 0 Å². The number of methoxy groups -OCH3 is 1. The fourth-order valence-corrected chi connectivity index (χ4v) is 6.02. The van der Waals surface area contributed by atoms with Crippen LogP contribution in [0.4, 0.5) is 0 Å². The maximum Gasteiger partial charge on any atom is 0.338 e. The molecule has 2 aromatic carbocycles. The number of allylic oxidation sites excluding steroid dienone is 1. The van der Waals surface area contributed by atoms with Crippen LogP contribution in [0.3, 0.4) is 0 Å². The molecule has 11 heteroatoms. The van der Waals surface area contributed by atoms with Gasteiger partial charge in [0.05, 0.1) is 46.7 Å². The lowest BCUT2D eigenvalue weighted by Crippen LogP contribution is -2.40. The summed E-state index contributed by atoms with van der Waals surface area (Å²) >= 11 is 10.6. The molecule has 2 heterocycles. The minimum absolute atomic E-state index is 0.0763. The molecule has 8 nitrogen and oxygen atoms in total. The Bertz CT molecular complexity index is 1630. The summed E-state index contributed by atoms with van der Waals surface area (Å²) in [6.45, 7) is 7.41. The number of halogens is 2. The van der Waals surface area contributed by atoms with Crippen LogP contribution < -0.4 is 24.4 Å². The van der Waals surface area contributed by atoms with Gasteiger partial charge in [0.2, 0.25) is 0 Å². The predicted octanol–water partition coefficient (Wildman–Crippen LogP) is 4.72. The van der Waals surface area contributed by atoms with Crippen molar-refractivity contribution in [2.75, 3.05) is 13.7 Å². The van der Waals surface area contributed by atoms with Gasteiger partial charge in [-0.1, -0.05) is 44.9 Å². The van der Waals surface area contributed by atoms with Crippen LogP contribution in [0.25, 0.3) is 6.08 Å². The van der Waals surface area contributed by atoms with E-state index in [1.165, 1.54) is 11.7 Å². The van der Waals surface area contributed by atoms with Crippen molar-refractivity contribution in [3.63, 3.8) is 0 Å². The second-order valence-electron chi connectivity index (χ2n) is 8.70. The van der Waals surface area contributed by atoms with E-state index in [-0.39, 0.29) is 34.6 Å². The van der Waals surface area contributed by atoms with E-state index in [9.17, 15) is 14.7 Å². The summed E-state index contributed by atoms with van der Waals surface area (Å²) in [6.07, 6.45) is 1.48. The van der Waals surface area contributed by atoms with Crippen molar-refractivity contribution in [1.29, 1.82) is 0 Å². The molecule has 1 atom stereocenters. The van der Waals surface area contributed by atoms with E-state index in [0.717, 1.165) is 11.3 Å². The molecule has 4 rings (SSSR count). The minimum atomic E-state index is -0.825. The Balaban J connectivity index is 1.97. The summed E-state index contributed by atoms with van der Waals surface area (Å²) in [6, 6.07) is 7.69. The number of nitrogens with zero attached hydrogens (tertiary/aromatic N) is 2. The second-order valence-corrected chi connectivity index (χ2v) is 11.0. The molecule has 0 amide bonds. The van der Waals surface area contributed by atoms with Gasteiger partial charge in [0.15, 0.2) is 16.3 Å². The third kappa shape index (κ3) is 5.39. The quantitative estimate of drug-likeness (QED) is 0.384. The molecule has 0 bridgehead atoms. The number of ether oxygens (including phenoxy) is 3. The summed E-state index contributed by atoms with van der Waals surface area (Å²) < 4.78 is 19.2. The Labute approximate surface area is 236 Å². The number of phenolic OH excluding ortho intramolecular Hbond substituents is 1. The van der Waals surface area contributed by atoms with Gasteiger partial charge in [0, 0.05) is 10.0 Å². The molecule has 0 aliphatic carbocycles. The highest BCUT2D eigenvalue weighted by molar-refractivity contribution is 9.10. The molecule has 0 saturated heterocycles. The fourth-order valence-electron chi connectivity index (χ4n) is 4.15. The fraction of sp³-hybridized carbons (Fsp3) is 0.296. The summed E-state index contributed by atoms with van der Waals surface area (Å²) in [7, 11) is 1.53. The van der Waals surface area contributed by atoms with Gasteiger partial charge in [-0.25, -0.2) is 9.79 Å². The van der Waals surface area contributed by atoms with Crippen LogP contribution in [0, 0.1) is 0 Å². The molecule has 200 valence electrons. The zero-order valence-electron chi connectivity index (χ0n) is 21.4. The van der Waals surface area contributed by atoms with Crippen LogP contribution in [0.5, 0.6) is 17.2 Å². The zero-order chi connectivity index (χ0) is 27.7. The number of benzene rings is 2. The number of esters is 1. The Morgan fingerprint density at radius 1 is 1.29 bits per heavy atom. The van der Waals surface area contributed by atoms with Crippen molar-refractivity contribution in [3.05, 3.63) is 81.9 Å². The van der Waals surface area contributed by atoms with Gasteiger partial charge in [-0.05, 0) is 63.6 Å². The predicted molar refractivity (Wildman–Crippen MR) is 150 cm³/mol. The first kappa shape index (κ1) is 27.9. The maximum atomic E-state index is 13.8. The van der Waals surface area contributed by atoms with E-state index in [1.54, 1.807) is 50.3 Å². The number of carbonyl (C=O) groups is 1. The molecule has 38 heavy (non-hydrogen) atoms. The Morgan fingerprint density at radius 3 is 2.68 bits per heavy atom. The van der Waals surface area contributed by atoms with Gasteiger partial charge in [0.1, 0.15) is 5.75 Å². The van der Waals surface area contributed by atoms with Crippen molar-refractivity contribution >= 4 is 50.9 Å². The Kier molecular flexibility index (Phi) is 8.34. The molecule has 0 spiro atoms. The van der Waals surface area contributed by atoms with Crippen molar-refractivity contribution in [3.8, 4) is 17.2 Å². The number of thiazole rings is 1. The minimum Gasteiger partial charge on any atom is -0.506 e. The number of hydrogen-bond donors (Lipinski definition) is 1. The van der Waals surface area contributed by atoms with Crippen LogP contribution in [0.1, 0.15) is 44.9 Å². The van der Waals surface area contributed by atoms with Crippen LogP contribution in [0.15, 0.2) is 55.9 Å². The molecular weight excluding hydrogens is 596 g/mol. The maximum absolute atomic E-state index is 13.8. The smallest absolute Gasteiger partial charge is 0.338 e. The highest BCUT2D eigenvalue weighted by atomic mass is 79.9. The number of carbonyl (C=O) groups excluding carboxylic acids is 1. The molecule has 1 N–H and O–H groups in total. The summed E-state index contributed by atoms with van der Waals surface area (Å²) in [5.41, 5.74) is 1.29. The van der Waals surface area contributed by atoms with Crippen molar-refractivity contribution < 1.29 is 24.1 Å². The molecule has 1 aliphatic rings. The summed E-state index contributed by atoms with van der Waals surface area (Å²) in [5.74, 6) is 0.293. The lowest BCUT2D eigenvalue weighted by atomic mass is 9.95. The van der Waals surface area contributed by atoms with Gasteiger partial charge in [0.25, 0.3) is 5.56 Å². The largest absolute Gasteiger partial charge is 0.506 e. The van der Waals surface area contributed by atoms with E-state index in [0.29, 0.717) is 42.1 Å². The first-order valence-electron chi connectivity index (χ1n) is 11.8. The highest BCUT2D eigenvalue weighted by Crippen LogP contribution is 2.37. The molecule has 0 radical (unpaired) electrons. The van der Waals surface area contributed by atoms with E-state index < -0.39 is 12.0 Å². The molecule has 3 aromatic rings. The van der Waals surface area contributed by atoms with E-state index in [4.69, 9.17) is 25.8 Å². The van der Waals surface area contributed by atoms with Crippen LogP contribution in [0.2, 0.25) is 5.02 Å². The van der Waals surface area contributed by atoms with Crippen molar-refractivity contribution in [1.82, 2.24) is 4.57 Å². The SMILES string of the molecule is CCOC(=O)C1=C(C)N=c2s/c(=C/c3cc(Br)cc(Cl)c3O)c(=O)n2[C@H]1c1ccc(OC(C)C)c(OC)c1. The Hall–Kier alpha value is -3.08. The summed E-state index contributed by atoms with van der Waals surface area (Å²) in [4.78, 5) is 31.9. The van der Waals surface area contributed by atoms with Gasteiger partial charge < -0.3 is 19.3 Å². The number of fused-ring (bicyclic) bond motifs is 1. The zero-order valence-corrected chi connectivity index (χ0v) is 24.5. The summed E-state index contributed by atoms with van der Waals surface area (Å²) in [5, 5.41) is 10.6. The average Bonchev–Trinajstić information content (AvgIpc) is 3.15. The molecule has 1 aliphatic heterocycles. The van der Waals surface area contributed by atoms with Gasteiger partial charge >= 0.3 is 5.97 Å². The van der Waals surface area contributed by atoms with Crippen LogP contribution in [-0.4, -0.2) is 35.5 Å². The van der Waals surface area contributed by atoms with Crippen molar-refractivity contribution in [2.24, 2.45) is 4.99 Å². The Morgan fingerprint density at radius 2 is 2.03 bits per heavy atom. The molecular formula is C27H26BrClN2O6S. The first-order chi connectivity index (χ1) is 18.0. The number of aromatic hydroxyl groups is 1. The monoisotopic (exact) mass is 620 g/mol. The lowest BCUT2D eigenvalue weighted by Gasteiger charge is -2.25. The molecule has 1 aromatic heterocycles. The number of phenols is 1. The number of aromatic nitrogens is 1. The number of rotatable bonds is 7. The highest BCUT2D eigenvalue weighted by Gasteiger charge is 2.34.